The Kier molecular flexibility index (Phi) is 5.00. The highest BCUT2D eigenvalue weighted by Crippen LogP contribution is 2.23. The van der Waals surface area contributed by atoms with Gasteiger partial charge in [0.15, 0.2) is 0 Å². The Morgan fingerprint density at radius 2 is 1.75 bits per heavy atom. The zero-order valence-electron chi connectivity index (χ0n) is 13.5. The van der Waals surface area contributed by atoms with Gasteiger partial charge in [-0.1, -0.05) is 46.3 Å². The molecule has 1 aliphatic rings. The van der Waals surface area contributed by atoms with E-state index in [1.54, 1.807) is 16.7 Å². The van der Waals surface area contributed by atoms with Gasteiger partial charge >= 0.3 is 0 Å². The highest BCUT2D eigenvalue weighted by atomic mass is 79.9. The van der Waals surface area contributed by atoms with E-state index in [1.165, 1.54) is 0 Å². The van der Waals surface area contributed by atoms with Crippen molar-refractivity contribution in [2.24, 2.45) is 0 Å². The number of piperazine rings is 1. The predicted molar refractivity (Wildman–Crippen MR) is 97.8 cm³/mol. The van der Waals surface area contributed by atoms with E-state index in [2.05, 4.69) is 15.9 Å². The van der Waals surface area contributed by atoms with Crippen LogP contribution in [0.15, 0.2) is 59.1 Å². The van der Waals surface area contributed by atoms with E-state index in [4.69, 9.17) is 0 Å². The predicted octanol–water partition coefficient (Wildman–Crippen LogP) is 3.26. The van der Waals surface area contributed by atoms with Gasteiger partial charge in [-0.3, -0.25) is 9.59 Å². The van der Waals surface area contributed by atoms with Crippen molar-refractivity contribution in [3.63, 3.8) is 0 Å². The molecule has 2 aromatic carbocycles. The molecule has 0 aliphatic carbocycles. The van der Waals surface area contributed by atoms with Crippen LogP contribution in [-0.2, 0) is 16.0 Å². The maximum absolute atomic E-state index is 12.7. The van der Waals surface area contributed by atoms with Crippen LogP contribution in [0.5, 0.6) is 0 Å². The van der Waals surface area contributed by atoms with Crippen LogP contribution in [0.3, 0.4) is 0 Å². The second-order valence-electron chi connectivity index (χ2n) is 5.89. The monoisotopic (exact) mass is 386 g/mol. The van der Waals surface area contributed by atoms with Crippen molar-refractivity contribution < 1.29 is 9.59 Å². The fourth-order valence-electron chi connectivity index (χ4n) is 2.96. The van der Waals surface area contributed by atoms with Crippen LogP contribution >= 0.6 is 15.9 Å². The average Bonchev–Trinajstić information content (AvgIpc) is 2.59. The van der Waals surface area contributed by atoms with Crippen LogP contribution in [0, 0.1) is 0 Å². The van der Waals surface area contributed by atoms with Crippen LogP contribution in [0.25, 0.3) is 0 Å². The molecule has 1 aliphatic heterocycles. The molecule has 1 atom stereocenters. The van der Waals surface area contributed by atoms with Gasteiger partial charge in [-0.05, 0) is 36.8 Å². The molecular formula is C19H19BrN2O2. The molecule has 24 heavy (non-hydrogen) atoms. The van der Waals surface area contributed by atoms with E-state index in [0.29, 0.717) is 19.5 Å². The van der Waals surface area contributed by atoms with Gasteiger partial charge < -0.3 is 9.80 Å². The smallest absolute Gasteiger partial charge is 0.249 e. The van der Waals surface area contributed by atoms with Crippen LogP contribution in [0.2, 0.25) is 0 Å². The number of halogens is 1. The number of amides is 2. The van der Waals surface area contributed by atoms with E-state index >= 15 is 0 Å². The molecule has 0 N–H and O–H groups in total. The molecule has 3 rings (SSSR count). The number of carbonyl (C=O) groups is 2. The van der Waals surface area contributed by atoms with E-state index in [9.17, 15) is 9.59 Å². The molecule has 0 spiro atoms. The number of rotatable bonds is 3. The summed E-state index contributed by atoms with van der Waals surface area (Å²) in [6.45, 7) is 2.87. The molecule has 2 amide bonds. The van der Waals surface area contributed by atoms with Gasteiger partial charge in [-0.2, -0.15) is 0 Å². The summed E-state index contributed by atoms with van der Waals surface area (Å²) < 4.78 is 0.975. The Balaban J connectivity index is 1.70. The van der Waals surface area contributed by atoms with Gasteiger partial charge in [-0.25, -0.2) is 0 Å². The first-order valence-electron chi connectivity index (χ1n) is 7.96. The van der Waals surface area contributed by atoms with Crippen molar-refractivity contribution >= 4 is 33.4 Å². The van der Waals surface area contributed by atoms with Crippen LogP contribution < -0.4 is 4.90 Å². The van der Waals surface area contributed by atoms with Crippen LogP contribution in [0.4, 0.5) is 5.69 Å². The summed E-state index contributed by atoms with van der Waals surface area (Å²) >= 11 is 3.40. The third-order valence-electron chi connectivity index (χ3n) is 4.31. The van der Waals surface area contributed by atoms with Gasteiger partial charge in [0.1, 0.15) is 6.04 Å². The molecule has 0 bridgehead atoms. The van der Waals surface area contributed by atoms with E-state index in [0.717, 1.165) is 15.7 Å². The van der Waals surface area contributed by atoms with Crippen molar-refractivity contribution in [1.29, 1.82) is 0 Å². The van der Waals surface area contributed by atoms with Gasteiger partial charge in [0.2, 0.25) is 11.8 Å². The first-order valence-corrected chi connectivity index (χ1v) is 8.76. The number of hydrogen-bond donors (Lipinski definition) is 0. The Hall–Kier alpha value is -2.14. The van der Waals surface area contributed by atoms with Crippen LogP contribution in [0.1, 0.15) is 12.5 Å². The molecule has 1 fully saturated rings. The lowest BCUT2D eigenvalue weighted by Gasteiger charge is -2.39. The number of carbonyl (C=O) groups excluding carboxylic acids is 2. The molecule has 124 valence electrons. The fraction of sp³-hybridized carbons (Fsp3) is 0.263. The standard InChI is InChI=1S/C19H19BrN2O2/c1-14-19(24)22(17-9-7-16(20)8-10-17)12-11-21(14)18(23)13-15-5-3-2-4-6-15/h2-10,14H,11-13H2,1H3. The van der Waals surface area contributed by atoms with E-state index in [-0.39, 0.29) is 11.8 Å². The molecule has 1 unspecified atom stereocenters. The first kappa shape index (κ1) is 16.7. The minimum atomic E-state index is -0.446. The fourth-order valence-corrected chi connectivity index (χ4v) is 3.22. The second kappa shape index (κ2) is 7.18. The summed E-state index contributed by atoms with van der Waals surface area (Å²) in [5.41, 5.74) is 1.84. The molecule has 4 nitrogen and oxygen atoms in total. The molecule has 2 aromatic rings. The summed E-state index contributed by atoms with van der Waals surface area (Å²) in [6.07, 6.45) is 0.330. The molecule has 0 aromatic heterocycles. The maximum Gasteiger partial charge on any atom is 0.249 e. The lowest BCUT2D eigenvalue weighted by Crippen LogP contribution is -2.58. The summed E-state index contributed by atoms with van der Waals surface area (Å²) in [6, 6.07) is 16.8. The lowest BCUT2D eigenvalue weighted by atomic mass is 10.1. The van der Waals surface area contributed by atoms with Crippen molar-refractivity contribution in [2.75, 3.05) is 18.0 Å². The molecule has 1 heterocycles. The van der Waals surface area contributed by atoms with E-state index in [1.807, 2.05) is 54.6 Å². The van der Waals surface area contributed by atoms with Gasteiger partial charge in [0.05, 0.1) is 6.42 Å². The topological polar surface area (TPSA) is 40.6 Å². The molecule has 0 saturated carbocycles. The van der Waals surface area contributed by atoms with Crippen LogP contribution in [-0.4, -0.2) is 35.8 Å². The summed E-state index contributed by atoms with van der Waals surface area (Å²) in [5, 5.41) is 0. The third kappa shape index (κ3) is 3.51. The van der Waals surface area contributed by atoms with Crippen molar-refractivity contribution in [1.82, 2.24) is 4.90 Å². The normalized spacial score (nSPS) is 17.9. The summed E-state index contributed by atoms with van der Waals surface area (Å²) in [7, 11) is 0. The Morgan fingerprint density at radius 1 is 1.08 bits per heavy atom. The van der Waals surface area contributed by atoms with Gasteiger partial charge in [-0.15, -0.1) is 0 Å². The Bertz CT molecular complexity index is 731. The largest absolute Gasteiger partial charge is 0.329 e. The first-order chi connectivity index (χ1) is 11.6. The number of anilines is 1. The molecule has 1 saturated heterocycles. The second-order valence-corrected chi connectivity index (χ2v) is 6.81. The highest BCUT2D eigenvalue weighted by Gasteiger charge is 2.34. The Morgan fingerprint density at radius 3 is 2.42 bits per heavy atom. The Labute approximate surface area is 150 Å². The average molecular weight is 387 g/mol. The summed E-state index contributed by atoms with van der Waals surface area (Å²) in [4.78, 5) is 28.7. The number of hydrogen-bond acceptors (Lipinski definition) is 2. The molecular weight excluding hydrogens is 368 g/mol. The van der Waals surface area contributed by atoms with Gasteiger partial charge in [0, 0.05) is 23.2 Å². The quantitative estimate of drug-likeness (QED) is 0.811. The van der Waals surface area contributed by atoms with E-state index < -0.39 is 6.04 Å². The summed E-state index contributed by atoms with van der Waals surface area (Å²) in [5.74, 6) is -0.0394. The number of benzene rings is 2. The minimum Gasteiger partial charge on any atom is -0.329 e. The SMILES string of the molecule is CC1C(=O)N(c2ccc(Br)cc2)CCN1C(=O)Cc1ccccc1. The molecule has 5 heteroatoms. The zero-order valence-corrected chi connectivity index (χ0v) is 15.1. The number of nitrogens with zero attached hydrogens (tertiary/aromatic N) is 2. The zero-order chi connectivity index (χ0) is 17.1. The maximum atomic E-state index is 12.7. The van der Waals surface area contributed by atoms with Crippen molar-refractivity contribution in [3.05, 3.63) is 64.6 Å². The molecule has 0 radical (unpaired) electrons. The van der Waals surface area contributed by atoms with Gasteiger partial charge in [0.25, 0.3) is 0 Å². The highest BCUT2D eigenvalue weighted by molar-refractivity contribution is 9.10. The third-order valence-corrected chi connectivity index (χ3v) is 4.84. The van der Waals surface area contributed by atoms with Crippen molar-refractivity contribution in [3.8, 4) is 0 Å². The van der Waals surface area contributed by atoms with Crippen molar-refractivity contribution in [2.45, 2.75) is 19.4 Å². The lowest BCUT2D eigenvalue weighted by molar-refractivity contribution is -0.140. The minimum absolute atomic E-state index is 0.00231.